The summed E-state index contributed by atoms with van der Waals surface area (Å²) in [6, 6.07) is 22.9. The summed E-state index contributed by atoms with van der Waals surface area (Å²) < 4.78 is 10.3. The van der Waals surface area contributed by atoms with Gasteiger partial charge < -0.3 is 19.7 Å². The van der Waals surface area contributed by atoms with E-state index in [0.29, 0.717) is 0 Å². The number of carbonyl (C=O) groups is 2. The van der Waals surface area contributed by atoms with Crippen molar-refractivity contribution < 1.29 is 29.3 Å². The van der Waals surface area contributed by atoms with Crippen LogP contribution in [-0.4, -0.2) is 36.4 Å². The Morgan fingerprint density at radius 3 is 1.24 bits per heavy atom. The van der Waals surface area contributed by atoms with Crippen molar-refractivity contribution >= 4 is 33.5 Å². The van der Waals surface area contributed by atoms with Gasteiger partial charge in [0.15, 0.2) is 0 Å². The van der Waals surface area contributed by atoms with Gasteiger partial charge in [-0.15, -0.1) is 0 Å². The summed E-state index contributed by atoms with van der Waals surface area (Å²) in [4.78, 5) is 21.8. The minimum Gasteiger partial charge on any atom is -0.497 e. The number of hydrogen-bond acceptors (Lipinski definition) is 4. The average Bonchev–Trinajstić information content (AvgIpc) is 2.86. The van der Waals surface area contributed by atoms with E-state index in [1.54, 1.807) is 28.1 Å². The van der Waals surface area contributed by atoms with Gasteiger partial charge in [-0.3, -0.25) is 9.59 Å². The lowest BCUT2D eigenvalue weighted by Crippen LogP contribution is -2.06. The zero-order chi connectivity index (χ0) is 24.8. The summed E-state index contributed by atoms with van der Waals surface area (Å²) >= 11 is 0. The van der Waals surface area contributed by atoms with E-state index >= 15 is 0 Å². The highest BCUT2D eigenvalue weighted by atomic mass is 16.5. The van der Waals surface area contributed by atoms with E-state index in [1.165, 1.54) is 0 Å². The number of fused-ring (bicyclic) bond motifs is 2. The van der Waals surface area contributed by atoms with Crippen molar-refractivity contribution in [1.82, 2.24) is 0 Å². The lowest BCUT2D eigenvalue weighted by molar-refractivity contribution is -0.139. The summed E-state index contributed by atoms with van der Waals surface area (Å²) in [7, 11) is 3.25. The molecule has 4 aromatic carbocycles. The second-order valence-corrected chi connectivity index (χ2v) is 8.06. The molecule has 0 aromatic heterocycles. The molecule has 0 saturated heterocycles. The van der Waals surface area contributed by atoms with Crippen molar-refractivity contribution in [2.75, 3.05) is 14.2 Å². The van der Waals surface area contributed by atoms with E-state index in [2.05, 4.69) is 0 Å². The highest BCUT2D eigenvalue weighted by Crippen LogP contribution is 2.26. The number of benzene rings is 4. The van der Waals surface area contributed by atoms with E-state index < -0.39 is 23.8 Å². The maximum absolute atomic E-state index is 10.9. The Balaban J connectivity index is 0.000000191. The molecule has 0 heterocycles. The van der Waals surface area contributed by atoms with Crippen LogP contribution in [0.1, 0.15) is 36.8 Å². The van der Waals surface area contributed by atoms with Crippen LogP contribution in [0.5, 0.6) is 11.5 Å². The summed E-state index contributed by atoms with van der Waals surface area (Å²) in [6.45, 7) is 3.38. The van der Waals surface area contributed by atoms with Gasteiger partial charge in [-0.2, -0.15) is 0 Å². The Labute approximate surface area is 198 Å². The van der Waals surface area contributed by atoms with Gasteiger partial charge >= 0.3 is 11.9 Å². The van der Waals surface area contributed by atoms with Gasteiger partial charge in [0.2, 0.25) is 0 Å². The van der Waals surface area contributed by atoms with Crippen LogP contribution < -0.4 is 9.47 Å². The molecule has 0 bridgehead atoms. The maximum Gasteiger partial charge on any atom is 0.310 e. The molecular formula is C28H28O6. The van der Waals surface area contributed by atoms with E-state index in [9.17, 15) is 9.59 Å². The SMILES string of the molecule is COc1ccc2cc([C@@H](C)C(=O)O)ccc2c1.COc1ccc2cc([C@H](C)C(=O)O)ccc2c1. The molecule has 2 N–H and O–H groups in total. The van der Waals surface area contributed by atoms with Crippen LogP contribution in [0.3, 0.4) is 0 Å². The first kappa shape index (κ1) is 24.6. The molecule has 0 unspecified atom stereocenters. The fourth-order valence-corrected chi connectivity index (χ4v) is 3.56. The molecule has 0 aliphatic carbocycles. The Morgan fingerprint density at radius 1 is 0.588 bits per heavy atom. The third-order valence-corrected chi connectivity index (χ3v) is 5.88. The number of rotatable bonds is 6. The third kappa shape index (κ3) is 5.64. The van der Waals surface area contributed by atoms with Crippen LogP contribution in [0.2, 0.25) is 0 Å². The molecule has 2 atom stereocenters. The second kappa shape index (κ2) is 10.7. The number of carboxylic acids is 2. The monoisotopic (exact) mass is 460 g/mol. The summed E-state index contributed by atoms with van der Waals surface area (Å²) in [5.41, 5.74) is 1.63. The van der Waals surface area contributed by atoms with Gasteiger partial charge in [0, 0.05) is 0 Å². The number of carboxylic acid groups (broad SMARTS) is 2. The summed E-state index contributed by atoms with van der Waals surface area (Å²) in [5.74, 6) is -0.980. The van der Waals surface area contributed by atoms with Crippen molar-refractivity contribution in [3.8, 4) is 11.5 Å². The highest BCUT2D eigenvalue weighted by Gasteiger charge is 2.14. The molecule has 0 saturated carbocycles. The molecule has 34 heavy (non-hydrogen) atoms. The maximum atomic E-state index is 10.9. The molecule has 0 fully saturated rings. The van der Waals surface area contributed by atoms with Crippen LogP contribution in [-0.2, 0) is 9.59 Å². The van der Waals surface area contributed by atoms with E-state index in [0.717, 1.165) is 44.2 Å². The summed E-state index contributed by atoms with van der Waals surface area (Å²) in [6.07, 6.45) is 0. The minimum atomic E-state index is -0.808. The molecule has 176 valence electrons. The van der Waals surface area contributed by atoms with E-state index in [1.807, 2.05) is 72.8 Å². The molecule has 0 spiro atoms. The van der Waals surface area contributed by atoms with Gasteiger partial charge in [0.05, 0.1) is 26.1 Å². The minimum absolute atomic E-state index is 0.485. The highest BCUT2D eigenvalue weighted by molar-refractivity contribution is 5.87. The predicted molar refractivity (Wildman–Crippen MR) is 133 cm³/mol. The Hall–Kier alpha value is -4.06. The zero-order valence-corrected chi connectivity index (χ0v) is 19.6. The molecule has 0 radical (unpaired) electrons. The zero-order valence-electron chi connectivity index (χ0n) is 19.6. The lowest BCUT2D eigenvalue weighted by Gasteiger charge is -2.08. The standard InChI is InChI=1S/2C14H14O3/c2*1-9(14(15)16)10-3-4-12-8-13(17-2)6-5-11(12)7-10/h2*3-9H,1-2H3,(H,15,16)/t2*9-/m10/s1. The van der Waals surface area contributed by atoms with E-state index in [-0.39, 0.29) is 0 Å². The second-order valence-electron chi connectivity index (χ2n) is 8.06. The molecule has 0 aliphatic rings. The molecule has 0 aliphatic heterocycles. The smallest absolute Gasteiger partial charge is 0.310 e. The Kier molecular flexibility index (Phi) is 7.74. The van der Waals surface area contributed by atoms with Crippen molar-refractivity contribution in [2.45, 2.75) is 25.7 Å². The summed E-state index contributed by atoms with van der Waals surface area (Å²) in [5, 5.41) is 22.1. The number of aliphatic carboxylic acids is 2. The number of ether oxygens (including phenoxy) is 2. The van der Waals surface area contributed by atoms with Crippen LogP contribution in [0.15, 0.2) is 72.8 Å². The first-order valence-corrected chi connectivity index (χ1v) is 10.8. The quantitative estimate of drug-likeness (QED) is 0.363. The molecule has 6 nitrogen and oxygen atoms in total. The molecule has 4 rings (SSSR count). The van der Waals surface area contributed by atoms with E-state index in [4.69, 9.17) is 19.7 Å². The topological polar surface area (TPSA) is 93.1 Å². The molecule has 6 heteroatoms. The number of hydrogen-bond donors (Lipinski definition) is 2. The van der Waals surface area contributed by atoms with Gasteiger partial charge in [-0.1, -0.05) is 48.5 Å². The predicted octanol–water partition coefficient (Wildman–Crippen LogP) is 6.07. The largest absolute Gasteiger partial charge is 0.497 e. The Morgan fingerprint density at radius 2 is 0.912 bits per heavy atom. The molecule has 0 amide bonds. The van der Waals surface area contributed by atoms with Crippen molar-refractivity contribution in [1.29, 1.82) is 0 Å². The van der Waals surface area contributed by atoms with Gasteiger partial charge in [0.1, 0.15) is 11.5 Å². The van der Waals surface area contributed by atoms with Crippen molar-refractivity contribution in [3.05, 3.63) is 83.9 Å². The van der Waals surface area contributed by atoms with Gasteiger partial charge in [-0.05, 0) is 70.8 Å². The first-order valence-electron chi connectivity index (χ1n) is 10.8. The van der Waals surface area contributed by atoms with Crippen molar-refractivity contribution in [2.24, 2.45) is 0 Å². The van der Waals surface area contributed by atoms with Crippen LogP contribution in [0.25, 0.3) is 21.5 Å². The third-order valence-electron chi connectivity index (χ3n) is 5.88. The van der Waals surface area contributed by atoms with Gasteiger partial charge in [0.25, 0.3) is 0 Å². The lowest BCUT2D eigenvalue weighted by atomic mass is 9.98. The normalized spacial score (nSPS) is 12.4. The number of methoxy groups -OCH3 is 2. The molecule has 4 aromatic rings. The van der Waals surface area contributed by atoms with Crippen LogP contribution >= 0.6 is 0 Å². The fourth-order valence-electron chi connectivity index (χ4n) is 3.56. The van der Waals surface area contributed by atoms with Crippen molar-refractivity contribution in [3.63, 3.8) is 0 Å². The Bertz CT molecular complexity index is 1220. The fraction of sp³-hybridized carbons (Fsp3) is 0.214. The van der Waals surface area contributed by atoms with Gasteiger partial charge in [-0.25, -0.2) is 0 Å². The van der Waals surface area contributed by atoms with Crippen LogP contribution in [0.4, 0.5) is 0 Å². The first-order chi connectivity index (χ1) is 16.2. The average molecular weight is 461 g/mol. The van der Waals surface area contributed by atoms with Crippen LogP contribution in [0, 0.1) is 0 Å². The molecular weight excluding hydrogens is 432 g/mol.